The van der Waals surface area contributed by atoms with E-state index >= 15 is 0 Å². The number of sulfonamides is 1. The van der Waals surface area contributed by atoms with E-state index in [1.54, 1.807) is 7.05 Å². The van der Waals surface area contributed by atoms with Gasteiger partial charge in [0.25, 0.3) is 5.89 Å². The summed E-state index contributed by atoms with van der Waals surface area (Å²) in [6, 6.07) is 9.94. The van der Waals surface area contributed by atoms with Crippen LogP contribution >= 0.6 is 0 Å². The summed E-state index contributed by atoms with van der Waals surface area (Å²) in [5.74, 6) is 0.528. The van der Waals surface area contributed by atoms with Crippen LogP contribution in [0.2, 0.25) is 0 Å². The topological polar surface area (TPSA) is 126 Å². The number of ether oxygens (including phenoxy) is 1. The standard InChI is InChI=1S/C20H16F3N5O4S/c1-28-17(11-31-14-6-4-13(5-7-14)20(21,22)23)16(10-25-28)19-27-26-18(32-19)12-2-8-15(9-3-12)33(24,29)30/h2-10H,11H2,1H3,(H2,24,29,30). The van der Waals surface area contributed by atoms with Crippen LogP contribution in [-0.2, 0) is 29.9 Å². The third kappa shape index (κ3) is 4.88. The van der Waals surface area contributed by atoms with Gasteiger partial charge in [-0.05, 0) is 48.5 Å². The Bertz CT molecular complexity index is 1380. The Morgan fingerprint density at radius 2 is 1.67 bits per heavy atom. The van der Waals surface area contributed by atoms with Crippen molar-refractivity contribution in [3.8, 4) is 28.7 Å². The van der Waals surface area contributed by atoms with Gasteiger partial charge in [-0.1, -0.05) is 0 Å². The lowest BCUT2D eigenvalue weighted by molar-refractivity contribution is -0.137. The van der Waals surface area contributed by atoms with Crippen LogP contribution in [0.15, 0.2) is 64.0 Å². The number of alkyl halides is 3. The fraction of sp³-hybridized carbons (Fsp3) is 0.150. The molecule has 0 radical (unpaired) electrons. The van der Waals surface area contributed by atoms with Gasteiger partial charge in [0, 0.05) is 12.6 Å². The molecule has 172 valence electrons. The summed E-state index contributed by atoms with van der Waals surface area (Å²) >= 11 is 0. The van der Waals surface area contributed by atoms with Gasteiger partial charge in [-0.3, -0.25) is 4.68 Å². The molecular weight excluding hydrogens is 463 g/mol. The molecule has 2 aromatic heterocycles. The second-order valence-corrected chi connectivity index (χ2v) is 8.48. The number of nitrogens with two attached hydrogens (primary N) is 1. The van der Waals surface area contributed by atoms with Gasteiger partial charge in [-0.25, -0.2) is 13.6 Å². The highest BCUT2D eigenvalue weighted by Crippen LogP contribution is 2.31. The van der Waals surface area contributed by atoms with E-state index in [0.717, 1.165) is 12.1 Å². The van der Waals surface area contributed by atoms with Crippen LogP contribution in [0.1, 0.15) is 11.3 Å². The summed E-state index contributed by atoms with van der Waals surface area (Å²) in [5.41, 5.74) is 0.734. The lowest BCUT2D eigenvalue weighted by Crippen LogP contribution is -2.11. The van der Waals surface area contributed by atoms with Gasteiger partial charge in [0.2, 0.25) is 15.9 Å². The Kier molecular flexibility index (Phi) is 5.68. The van der Waals surface area contributed by atoms with E-state index in [1.807, 2.05) is 0 Å². The summed E-state index contributed by atoms with van der Waals surface area (Å²) < 4.78 is 73.7. The van der Waals surface area contributed by atoms with Crippen LogP contribution in [0.4, 0.5) is 13.2 Å². The van der Waals surface area contributed by atoms with Crippen molar-refractivity contribution in [2.75, 3.05) is 0 Å². The maximum absolute atomic E-state index is 12.7. The molecule has 0 aliphatic rings. The van der Waals surface area contributed by atoms with E-state index in [4.69, 9.17) is 14.3 Å². The van der Waals surface area contributed by atoms with Gasteiger partial charge in [-0.15, -0.1) is 10.2 Å². The Morgan fingerprint density at radius 3 is 2.27 bits per heavy atom. The molecule has 0 bridgehead atoms. The van der Waals surface area contributed by atoms with Gasteiger partial charge < -0.3 is 9.15 Å². The molecule has 13 heteroatoms. The molecule has 0 fully saturated rings. The predicted molar refractivity (Wildman–Crippen MR) is 109 cm³/mol. The average molecular weight is 479 g/mol. The number of nitrogens with zero attached hydrogens (tertiary/aromatic N) is 4. The fourth-order valence-corrected chi connectivity index (χ4v) is 3.46. The molecule has 0 unspecified atom stereocenters. The van der Waals surface area contributed by atoms with Crippen LogP contribution in [0.5, 0.6) is 5.75 Å². The normalized spacial score (nSPS) is 12.2. The molecule has 4 rings (SSSR count). The lowest BCUT2D eigenvalue weighted by atomic mass is 10.2. The van der Waals surface area contributed by atoms with Gasteiger partial charge >= 0.3 is 6.18 Å². The number of aryl methyl sites for hydroxylation is 1. The molecule has 0 spiro atoms. The zero-order chi connectivity index (χ0) is 23.8. The third-order valence-corrected chi connectivity index (χ3v) is 5.63. The molecule has 33 heavy (non-hydrogen) atoms. The number of benzene rings is 2. The molecule has 0 aliphatic heterocycles. The van der Waals surface area contributed by atoms with Crippen molar-refractivity contribution in [1.29, 1.82) is 0 Å². The zero-order valence-corrected chi connectivity index (χ0v) is 17.8. The number of hydrogen-bond acceptors (Lipinski definition) is 7. The van der Waals surface area contributed by atoms with Crippen molar-refractivity contribution in [1.82, 2.24) is 20.0 Å². The maximum Gasteiger partial charge on any atom is 0.416 e. The number of aromatic nitrogens is 4. The second-order valence-electron chi connectivity index (χ2n) is 6.92. The summed E-state index contributed by atoms with van der Waals surface area (Å²) in [5, 5.41) is 17.2. The highest BCUT2D eigenvalue weighted by Gasteiger charge is 2.30. The molecule has 2 heterocycles. The van der Waals surface area contributed by atoms with Gasteiger partial charge in [-0.2, -0.15) is 18.3 Å². The second kappa shape index (κ2) is 8.33. The molecule has 0 atom stereocenters. The maximum atomic E-state index is 12.7. The first-order valence-electron chi connectivity index (χ1n) is 9.30. The van der Waals surface area contributed by atoms with Crippen molar-refractivity contribution < 1.29 is 30.7 Å². The third-order valence-electron chi connectivity index (χ3n) is 4.70. The molecule has 0 amide bonds. The van der Waals surface area contributed by atoms with Crippen LogP contribution in [-0.4, -0.2) is 28.4 Å². The van der Waals surface area contributed by atoms with Crippen LogP contribution in [0.25, 0.3) is 22.9 Å². The van der Waals surface area contributed by atoms with E-state index in [1.165, 1.54) is 47.3 Å². The summed E-state index contributed by atoms with van der Waals surface area (Å²) in [7, 11) is -2.16. The van der Waals surface area contributed by atoms with Crippen molar-refractivity contribution in [2.45, 2.75) is 17.7 Å². The first-order chi connectivity index (χ1) is 15.5. The number of hydrogen-bond donors (Lipinski definition) is 1. The fourth-order valence-electron chi connectivity index (χ4n) is 2.94. The smallest absolute Gasteiger partial charge is 0.416 e. The molecule has 4 aromatic rings. The van der Waals surface area contributed by atoms with Crippen molar-refractivity contribution in [2.24, 2.45) is 12.2 Å². The van der Waals surface area contributed by atoms with Crippen molar-refractivity contribution in [3.05, 3.63) is 66.0 Å². The molecule has 0 saturated heterocycles. The largest absolute Gasteiger partial charge is 0.487 e. The Morgan fingerprint density at radius 1 is 1.03 bits per heavy atom. The van der Waals surface area contributed by atoms with E-state index in [0.29, 0.717) is 16.8 Å². The number of primary sulfonamides is 1. The number of halogens is 3. The molecular formula is C20H16F3N5O4S. The van der Waals surface area contributed by atoms with E-state index in [-0.39, 0.29) is 29.0 Å². The van der Waals surface area contributed by atoms with Crippen molar-refractivity contribution in [3.63, 3.8) is 0 Å². The van der Waals surface area contributed by atoms with Crippen molar-refractivity contribution >= 4 is 10.0 Å². The summed E-state index contributed by atoms with van der Waals surface area (Å²) in [4.78, 5) is -0.0547. The molecule has 0 aliphatic carbocycles. The zero-order valence-electron chi connectivity index (χ0n) is 16.9. The predicted octanol–water partition coefficient (Wildman–Crippen LogP) is 3.38. The Labute approximate surface area is 185 Å². The molecule has 2 N–H and O–H groups in total. The SMILES string of the molecule is Cn1ncc(-c2nnc(-c3ccc(S(N)(=O)=O)cc3)o2)c1COc1ccc(C(F)(F)F)cc1. The molecule has 0 saturated carbocycles. The summed E-state index contributed by atoms with van der Waals surface area (Å²) in [6.07, 6.45) is -2.94. The minimum Gasteiger partial charge on any atom is -0.487 e. The quantitative estimate of drug-likeness (QED) is 0.449. The molecule has 2 aromatic carbocycles. The Hall–Kier alpha value is -3.71. The van der Waals surface area contributed by atoms with Gasteiger partial charge in [0.05, 0.1) is 27.9 Å². The average Bonchev–Trinajstić information content (AvgIpc) is 3.38. The first kappa shape index (κ1) is 22.5. The van der Waals surface area contributed by atoms with Crippen LogP contribution < -0.4 is 9.88 Å². The van der Waals surface area contributed by atoms with E-state index < -0.39 is 21.8 Å². The molecule has 9 nitrogen and oxygen atoms in total. The van der Waals surface area contributed by atoms with E-state index in [9.17, 15) is 21.6 Å². The first-order valence-corrected chi connectivity index (χ1v) is 10.8. The highest BCUT2D eigenvalue weighted by molar-refractivity contribution is 7.89. The minimum atomic E-state index is -4.43. The minimum absolute atomic E-state index is 0.0159. The van der Waals surface area contributed by atoms with Crippen LogP contribution in [0.3, 0.4) is 0 Å². The Balaban J connectivity index is 1.53. The van der Waals surface area contributed by atoms with Crippen LogP contribution in [0, 0.1) is 0 Å². The number of rotatable bonds is 6. The monoisotopic (exact) mass is 479 g/mol. The highest BCUT2D eigenvalue weighted by atomic mass is 32.2. The van der Waals surface area contributed by atoms with Gasteiger partial charge in [0.15, 0.2) is 0 Å². The van der Waals surface area contributed by atoms with Gasteiger partial charge in [0.1, 0.15) is 12.4 Å². The lowest BCUT2D eigenvalue weighted by Gasteiger charge is -2.10. The van der Waals surface area contributed by atoms with E-state index in [2.05, 4.69) is 15.3 Å². The summed E-state index contributed by atoms with van der Waals surface area (Å²) in [6.45, 7) is -0.0159.